The highest BCUT2D eigenvalue weighted by Crippen LogP contribution is 2.25. The smallest absolute Gasteiger partial charge is 0.224 e. The predicted molar refractivity (Wildman–Crippen MR) is 90.6 cm³/mol. The van der Waals surface area contributed by atoms with Crippen LogP contribution in [0, 0.1) is 0 Å². The van der Waals surface area contributed by atoms with Gasteiger partial charge in [-0.3, -0.25) is 4.79 Å². The van der Waals surface area contributed by atoms with E-state index in [0.29, 0.717) is 13.0 Å². The number of amides is 1. The number of nitrogens with one attached hydrogen (secondary N) is 1. The standard InChI is InChI=1S/C18H17NO3S/c1-21-16-4-2-3-13(7-16)8-18(20)19-10-17-9-15(12-23-17)14-5-6-22-11-14/h2-7,9,11-12H,8,10H2,1H3,(H,19,20). The third kappa shape index (κ3) is 4.02. The van der Waals surface area contributed by atoms with Gasteiger partial charge in [0.1, 0.15) is 5.75 Å². The molecule has 1 amide bonds. The minimum Gasteiger partial charge on any atom is -0.497 e. The van der Waals surface area contributed by atoms with Crippen molar-refractivity contribution in [3.63, 3.8) is 0 Å². The molecular weight excluding hydrogens is 310 g/mol. The van der Waals surface area contributed by atoms with Crippen molar-refractivity contribution >= 4 is 17.2 Å². The largest absolute Gasteiger partial charge is 0.497 e. The molecule has 3 aromatic rings. The van der Waals surface area contributed by atoms with Crippen molar-refractivity contribution in [2.75, 3.05) is 7.11 Å². The van der Waals surface area contributed by atoms with Crippen LogP contribution in [0.1, 0.15) is 10.4 Å². The van der Waals surface area contributed by atoms with Gasteiger partial charge < -0.3 is 14.5 Å². The number of rotatable bonds is 6. The van der Waals surface area contributed by atoms with E-state index in [4.69, 9.17) is 9.15 Å². The normalized spacial score (nSPS) is 10.5. The van der Waals surface area contributed by atoms with Crippen LogP contribution in [-0.2, 0) is 17.8 Å². The molecule has 0 aliphatic rings. The Morgan fingerprint density at radius 3 is 2.96 bits per heavy atom. The van der Waals surface area contributed by atoms with Crippen LogP contribution in [0.15, 0.2) is 58.7 Å². The lowest BCUT2D eigenvalue weighted by molar-refractivity contribution is -0.120. The number of ether oxygens (including phenoxy) is 1. The van der Waals surface area contributed by atoms with Gasteiger partial charge in [0.05, 0.1) is 32.6 Å². The maximum Gasteiger partial charge on any atom is 0.224 e. The maximum absolute atomic E-state index is 12.1. The Morgan fingerprint density at radius 1 is 1.26 bits per heavy atom. The van der Waals surface area contributed by atoms with Crippen molar-refractivity contribution in [3.8, 4) is 16.9 Å². The summed E-state index contributed by atoms with van der Waals surface area (Å²) in [5.74, 6) is 0.759. The molecule has 1 aromatic carbocycles. The second-order valence-corrected chi connectivity index (χ2v) is 6.11. The quantitative estimate of drug-likeness (QED) is 0.747. The van der Waals surface area contributed by atoms with E-state index in [9.17, 15) is 4.79 Å². The summed E-state index contributed by atoms with van der Waals surface area (Å²) in [7, 11) is 1.62. The lowest BCUT2D eigenvalue weighted by Crippen LogP contribution is -2.24. The van der Waals surface area contributed by atoms with E-state index in [1.54, 1.807) is 31.0 Å². The highest BCUT2D eigenvalue weighted by molar-refractivity contribution is 7.10. The highest BCUT2D eigenvalue weighted by atomic mass is 32.1. The molecule has 0 saturated carbocycles. The van der Waals surface area contributed by atoms with E-state index < -0.39 is 0 Å². The Bertz CT molecular complexity index is 777. The number of thiophene rings is 1. The molecule has 23 heavy (non-hydrogen) atoms. The molecule has 1 N–H and O–H groups in total. The Labute approximate surface area is 138 Å². The van der Waals surface area contributed by atoms with Crippen LogP contribution in [0.5, 0.6) is 5.75 Å². The van der Waals surface area contributed by atoms with Gasteiger partial charge in [0.2, 0.25) is 5.91 Å². The molecule has 0 atom stereocenters. The number of benzene rings is 1. The van der Waals surface area contributed by atoms with Crippen LogP contribution in [0.4, 0.5) is 0 Å². The maximum atomic E-state index is 12.1. The minimum atomic E-state index is -0.00323. The average molecular weight is 327 g/mol. The molecule has 0 bridgehead atoms. The first-order valence-electron chi connectivity index (χ1n) is 7.24. The van der Waals surface area contributed by atoms with Gasteiger partial charge in [-0.15, -0.1) is 11.3 Å². The summed E-state index contributed by atoms with van der Waals surface area (Å²) >= 11 is 1.63. The number of carbonyl (C=O) groups excluding carboxylic acids is 1. The summed E-state index contributed by atoms with van der Waals surface area (Å²) in [6, 6.07) is 11.5. The molecule has 3 rings (SSSR count). The van der Waals surface area contributed by atoms with E-state index in [1.165, 1.54) is 0 Å². The molecule has 2 heterocycles. The van der Waals surface area contributed by atoms with Gasteiger partial charge in [-0.25, -0.2) is 0 Å². The Kier molecular flexibility index (Phi) is 4.78. The fourth-order valence-corrected chi connectivity index (χ4v) is 3.10. The van der Waals surface area contributed by atoms with Gasteiger partial charge in [-0.2, -0.15) is 0 Å². The van der Waals surface area contributed by atoms with E-state index >= 15 is 0 Å². The second kappa shape index (κ2) is 7.15. The molecule has 0 spiro atoms. The molecule has 0 aliphatic carbocycles. The van der Waals surface area contributed by atoms with Gasteiger partial charge in [0.15, 0.2) is 0 Å². The van der Waals surface area contributed by atoms with E-state index in [2.05, 4.69) is 16.8 Å². The third-order valence-electron chi connectivity index (χ3n) is 3.47. The van der Waals surface area contributed by atoms with Crippen molar-refractivity contribution in [2.45, 2.75) is 13.0 Å². The first-order chi connectivity index (χ1) is 11.2. The lowest BCUT2D eigenvalue weighted by atomic mass is 10.1. The SMILES string of the molecule is COc1cccc(CC(=O)NCc2cc(-c3ccoc3)cs2)c1. The summed E-state index contributed by atoms with van der Waals surface area (Å²) in [6.07, 6.45) is 3.72. The number of carbonyl (C=O) groups is 1. The van der Waals surface area contributed by atoms with Crippen LogP contribution >= 0.6 is 11.3 Å². The van der Waals surface area contributed by atoms with Gasteiger partial charge >= 0.3 is 0 Å². The molecular formula is C18H17NO3S. The second-order valence-electron chi connectivity index (χ2n) is 5.12. The third-order valence-corrected chi connectivity index (χ3v) is 4.40. The number of hydrogen-bond donors (Lipinski definition) is 1. The van der Waals surface area contributed by atoms with Crippen LogP contribution < -0.4 is 10.1 Å². The van der Waals surface area contributed by atoms with Crippen LogP contribution in [0.25, 0.3) is 11.1 Å². The summed E-state index contributed by atoms with van der Waals surface area (Å²) in [4.78, 5) is 13.2. The van der Waals surface area contributed by atoms with E-state index in [1.807, 2.05) is 30.3 Å². The number of furan rings is 1. The lowest BCUT2D eigenvalue weighted by Gasteiger charge is -2.05. The zero-order valence-corrected chi connectivity index (χ0v) is 13.6. The summed E-state index contributed by atoms with van der Waals surface area (Å²) in [6.45, 7) is 0.533. The van der Waals surface area contributed by atoms with Gasteiger partial charge in [-0.1, -0.05) is 12.1 Å². The van der Waals surface area contributed by atoms with Crippen molar-refractivity contribution < 1.29 is 13.9 Å². The minimum absolute atomic E-state index is 0.00323. The zero-order valence-electron chi connectivity index (χ0n) is 12.7. The van der Waals surface area contributed by atoms with Gasteiger partial charge in [-0.05, 0) is 40.8 Å². The molecule has 5 heteroatoms. The van der Waals surface area contributed by atoms with E-state index in [0.717, 1.165) is 27.3 Å². The summed E-state index contributed by atoms with van der Waals surface area (Å²) < 4.78 is 10.3. The molecule has 0 aliphatic heterocycles. The Morgan fingerprint density at radius 2 is 2.17 bits per heavy atom. The molecule has 0 radical (unpaired) electrons. The number of hydrogen-bond acceptors (Lipinski definition) is 4. The fraction of sp³-hybridized carbons (Fsp3) is 0.167. The monoisotopic (exact) mass is 327 g/mol. The highest BCUT2D eigenvalue weighted by Gasteiger charge is 2.07. The molecule has 118 valence electrons. The van der Waals surface area contributed by atoms with E-state index in [-0.39, 0.29) is 5.91 Å². The van der Waals surface area contributed by atoms with Crippen LogP contribution in [0.2, 0.25) is 0 Å². The average Bonchev–Trinajstić information content (AvgIpc) is 3.24. The topological polar surface area (TPSA) is 51.5 Å². The molecule has 0 saturated heterocycles. The zero-order chi connectivity index (χ0) is 16.1. The van der Waals surface area contributed by atoms with Crippen LogP contribution in [0.3, 0.4) is 0 Å². The number of methoxy groups -OCH3 is 1. The Balaban J connectivity index is 1.54. The molecule has 4 nitrogen and oxygen atoms in total. The van der Waals surface area contributed by atoms with Gasteiger partial charge in [0, 0.05) is 10.4 Å². The van der Waals surface area contributed by atoms with Crippen molar-refractivity contribution in [3.05, 3.63) is 64.7 Å². The summed E-state index contributed by atoms with van der Waals surface area (Å²) in [5, 5.41) is 5.01. The first-order valence-corrected chi connectivity index (χ1v) is 8.12. The Hall–Kier alpha value is -2.53. The van der Waals surface area contributed by atoms with Gasteiger partial charge in [0.25, 0.3) is 0 Å². The van der Waals surface area contributed by atoms with Crippen molar-refractivity contribution in [1.82, 2.24) is 5.32 Å². The van der Waals surface area contributed by atoms with Crippen LogP contribution in [-0.4, -0.2) is 13.0 Å². The molecule has 0 fully saturated rings. The summed E-state index contributed by atoms with van der Waals surface area (Å²) in [5.41, 5.74) is 3.10. The molecule has 0 unspecified atom stereocenters. The molecule has 2 aromatic heterocycles. The predicted octanol–water partition coefficient (Wildman–Crippen LogP) is 3.88. The fourth-order valence-electron chi connectivity index (χ4n) is 2.27. The van der Waals surface area contributed by atoms with Crippen molar-refractivity contribution in [1.29, 1.82) is 0 Å². The van der Waals surface area contributed by atoms with Crippen molar-refractivity contribution in [2.24, 2.45) is 0 Å². The first kappa shape index (κ1) is 15.4.